The van der Waals surface area contributed by atoms with Crippen LogP contribution in [-0.4, -0.2) is 8.63 Å². The van der Waals surface area contributed by atoms with E-state index in [9.17, 15) is 13.2 Å². The van der Waals surface area contributed by atoms with E-state index in [1.807, 2.05) is 0 Å². The first kappa shape index (κ1) is 10.0. The van der Waals surface area contributed by atoms with Crippen LogP contribution in [0.3, 0.4) is 0 Å². The van der Waals surface area contributed by atoms with Crippen molar-refractivity contribution in [3.8, 4) is 0 Å². The van der Waals surface area contributed by atoms with E-state index < -0.39 is 20.4 Å². The summed E-state index contributed by atoms with van der Waals surface area (Å²) in [5, 5.41) is 0. The molecule has 0 atom stereocenters. The van der Waals surface area contributed by atoms with E-state index in [1.165, 1.54) is 0 Å². The predicted molar refractivity (Wildman–Crippen MR) is 33.9 cm³/mol. The molecule has 0 aliphatic carbocycles. The summed E-state index contributed by atoms with van der Waals surface area (Å²) in [5.41, 5.74) is -4.49. The highest BCUT2D eigenvalue weighted by Crippen LogP contribution is 2.48. The van der Waals surface area contributed by atoms with Crippen molar-refractivity contribution in [2.45, 2.75) is 8.63 Å². The fraction of sp³-hybridized carbons (Fsp3) is 1.00. The Morgan fingerprint density at radius 3 is 1.33 bits per heavy atom. The van der Waals surface area contributed by atoms with Crippen LogP contribution >= 0.6 is 46.6 Å². The molecule has 0 radical (unpaired) electrons. The summed E-state index contributed by atoms with van der Waals surface area (Å²) in [6.07, 6.45) is 0. The number of hydrogen-bond acceptors (Lipinski definition) is 1. The molecule has 0 nitrogen and oxygen atoms in total. The second-order valence-electron chi connectivity index (χ2n) is 0.994. The summed E-state index contributed by atoms with van der Waals surface area (Å²) in [7, 11) is 0. The fourth-order valence-electron chi connectivity index (χ4n) is 0.131. The molecule has 7 heteroatoms. The van der Waals surface area contributed by atoms with Crippen molar-refractivity contribution in [1.29, 1.82) is 0 Å². The Labute approximate surface area is 68.6 Å². The van der Waals surface area contributed by atoms with Crippen LogP contribution in [0.15, 0.2) is 0 Å². The van der Waals surface area contributed by atoms with Gasteiger partial charge in [-0.1, -0.05) is 34.8 Å². The third-order valence-electron chi connectivity index (χ3n) is 0.231. The number of alkyl halides is 6. The zero-order chi connectivity index (χ0) is 7.71. The van der Waals surface area contributed by atoms with Crippen molar-refractivity contribution >= 4 is 46.6 Å². The highest BCUT2D eigenvalue weighted by atomic mass is 35.6. The summed E-state index contributed by atoms with van der Waals surface area (Å²) in [6.45, 7) is 0. The molecular formula is C2Cl3F3S. The average molecular weight is 219 g/mol. The SMILES string of the molecule is FC(F)(F)SC(Cl)(Cl)Cl. The summed E-state index contributed by atoms with van der Waals surface area (Å²) in [4.78, 5) is 0. The van der Waals surface area contributed by atoms with Gasteiger partial charge in [0, 0.05) is 11.8 Å². The van der Waals surface area contributed by atoms with Gasteiger partial charge in [0.15, 0.2) is 0 Å². The summed E-state index contributed by atoms with van der Waals surface area (Å²) in [6, 6.07) is 0. The minimum atomic E-state index is -4.49. The van der Waals surface area contributed by atoms with Gasteiger partial charge in [-0.2, -0.15) is 13.2 Å². The largest absolute Gasteiger partial charge is 0.445 e. The maximum atomic E-state index is 11.3. The Hall–Kier alpha value is 1.01. The lowest BCUT2D eigenvalue weighted by Crippen LogP contribution is -2.08. The van der Waals surface area contributed by atoms with E-state index in [4.69, 9.17) is 34.8 Å². The maximum Gasteiger partial charge on any atom is 0.445 e. The quantitative estimate of drug-likeness (QED) is 0.561. The lowest BCUT2D eigenvalue weighted by atomic mass is 11.6. The van der Waals surface area contributed by atoms with E-state index >= 15 is 0 Å². The average Bonchev–Trinajstić information content (AvgIpc) is 1.14. The molecule has 0 saturated carbocycles. The molecule has 0 aliphatic rings. The monoisotopic (exact) mass is 218 g/mol. The zero-order valence-corrected chi connectivity index (χ0v) is 6.76. The van der Waals surface area contributed by atoms with Crippen LogP contribution in [-0.2, 0) is 0 Å². The van der Waals surface area contributed by atoms with Gasteiger partial charge in [0.1, 0.15) is 0 Å². The third-order valence-corrected chi connectivity index (χ3v) is 1.39. The van der Waals surface area contributed by atoms with Gasteiger partial charge >= 0.3 is 5.51 Å². The molecule has 0 amide bonds. The van der Waals surface area contributed by atoms with Crippen LogP contribution in [0.2, 0.25) is 0 Å². The van der Waals surface area contributed by atoms with Gasteiger partial charge in [-0.3, -0.25) is 0 Å². The second-order valence-corrected chi connectivity index (χ2v) is 5.23. The molecule has 56 valence electrons. The van der Waals surface area contributed by atoms with Crippen LogP contribution in [0.4, 0.5) is 13.2 Å². The number of rotatable bonds is 0. The van der Waals surface area contributed by atoms with Crippen molar-refractivity contribution in [2.24, 2.45) is 0 Å². The van der Waals surface area contributed by atoms with Crippen LogP contribution in [0.25, 0.3) is 0 Å². The highest BCUT2D eigenvalue weighted by molar-refractivity contribution is 8.05. The Morgan fingerprint density at radius 1 is 1.00 bits per heavy atom. The lowest BCUT2D eigenvalue weighted by molar-refractivity contribution is -0.0328. The molecule has 0 bridgehead atoms. The van der Waals surface area contributed by atoms with Crippen LogP contribution in [0.5, 0.6) is 0 Å². The molecule has 0 saturated heterocycles. The van der Waals surface area contributed by atoms with E-state index in [0.717, 1.165) is 0 Å². The zero-order valence-electron chi connectivity index (χ0n) is 3.68. The molecule has 0 aromatic carbocycles. The predicted octanol–water partition coefficient (Wildman–Crippen LogP) is 3.57. The first-order chi connectivity index (χ1) is 3.71. The second kappa shape index (κ2) is 2.95. The van der Waals surface area contributed by atoms with E-state index in [2.05, 4.69) is 0 Å². The Balaban J connectivity index is 3.75. The standard InChI is InChI=1S/C2Cl3F3S/c3-1(4,5)9-2(6,7)8. The minimum absolute atomic E-state index is 0.690. The molecule has 0 heterocycles. The van der Waals surface area contributed by atoms with Gasteiger partial charge in [-0.05, 0) is 0 Å². The first-order valence-electron chi connectivity index (χ1n) is 1.54. The normalized spacial score (nSPS) is 14.0. The molecule has 0 fully saturated rings. The topological polar surface area (TPSA) is 0 Å². The molecule has 9 heavy (non-hydrogen) atoms. The molecule has 0 aromatic rings. The fourth-order valence-corrected chi connectivity index (χ4v) is 1.18. The maximum absolute atomic E-state index is 11.3. The molecule has 0 spiro atoms. The Bertz CT molecular complexity index is 82.2. The Morgan fingerprint density at radius 2 is 1.33 bits per heavy atom. The van der Waals surface area contributed by atoms with E-state index in [0.29, 0.717) is 0 Å². The van der Waals surface area contributed by atoms with Crippen molar-refractivity contribution in [3.05, 3.63) is 0 Å². The molecule has 0 N–H and O–H groups in total. The first-order valence-corrected chi connectivity index (χ1v) is 3.49. The molecule has 0 rings (SSSR count). The van der Waals surface area contributed by atoms with Gasteiger partial charge in [0.2, 0.25) is 3.12 Å². The minimum Gasteiger partial charge on any atom is -0.160 e. The lowest BCUT2D eigenvalue weighted by Gasteiger charge is -2.11. The van der Waals surface area contributed by atoms with Gasteiger partial charge in [-0.25, -0.2) is 0 Å². The third kappa shape index (κ3) is 9.01. The van der Waals surface area contributed by atoms with Gasteiger partial charge < -0.3 is 0 Å². The van der Waals surface area contributed by atoms with Crippen LogP contribution < -0.4 is 0 Å². The summed E-state index contributed by atoms with van der Waals surface area (Å²) >= 11 is 13.7. The van der Waals surface area contributed by atoms with Gasteiger partial charge in [0.05, 0.1) is 0 Å². The molecular weight excluding hydrogens is 219 g/mol. The molecule has 0 aromatic heterocycles. The van der Waals surface area contributed by atoms with E-state index in [1.54, 1.807) is 0 Å². The van der Waals surface area contributed by atoms with Gasteiger partial charge in [0.25, 0.3) is 0 Å². The number of thioether (sulfide) groups is 1. The smallest absolute Gasteiger partial charge is 0.160 e. The number of halogens is 6. The summed E-state index contributed by atoms with van der Waals surface area (Å²) in [5.74, 6) is 0. The molecule has 0 unspecified atom stereocenters. The van der Waals surface area contributed by atoms with Crippen LogP contribution in [0, 0.1) is 0 Å². The van der Waals surface area contributed by atoms with Crippen molar-refractivity contribution in [3.63, 3.8) is 0 Å². The molecule has 0 aliphatic heterocycles. The number of hydrogen-bond donors (Lipinski definition) is 0. The van der Waals surface area contributed by atoms with Gasteiger partial charge in [-0.15, -0.1) is 0 Å². The van der Waals surface area contributed by atoms with Crippen molar-refractivity contribution < 1.29 is 13.2 Å². The Kier molecular flexibility index (Phi) is 3.28. The highest BCUT2D eigenvalue weighted by Gasteiger charge is 2.39. The van der Waals surface area contributed by atoms with E-state index in [-0.39, 0.29) is 0 Å². The van der Waals surface area contributed by atoms with Crippen LogP contribution in [0.1, 0.15) is 0 Å². The van der Waals surface area contributed by atoms with Crippen molar-refractivity contribution in [2.75, 3.05) is 0 Å². The summed E-state index contributed by atoms with van der Waals surface area (Å²) < 4.78 is 31.5. The van der Waals surface area contributed by atoms with Crippen molar-refractivity contribution in [1.82, 2.24) is 0 Å².